The SMILES string of the molecule is CCC(C(=O)NC1CCCC1)N(Cc1ccc(C)cc1)C(=O)Cc1cc(C)cc(C)c1. The molecule has 0 heterocycles. The van der Waals surface area contributed by atoms with Crippen molar-refractivity contribution >= 4 is 11.8 Å². The van der Waals surface area contributed by atoms with Crippen LogP contribution < -0.4 is 5.32 Å². The molecule has 2 aromatic rings. The minimum Gasteiger partial charge on any atom is -0.352 e. The number of aryl methyl sites for hydroxylation is 3. The highest BCUT2D eigenvalue weighted by Crippen LogP contribution is 2.20. The second-order valence-corrected chi connectivity index (χ2v) is 9.09. The van der Waals surface area contributed by atoms with Crippen molar-refractivity contribution in [2.24, 2.45) is 0 Å². The summed E-state index contributed by atoms with van der Waals surface area (Å²) in [6, 6.07) is 14.2. The summed E-state index contributed by atoms with van der Waals surface area (Å²) in [5.41, 5.74) is 5.54. The van der Waals surface area contributed by atoms with Crippen molar-refractivity contribution in [1.82, 2.24) is 10.2 Å². The molecule has 2 aromatic carbocycles. The molecule has 0 saturated heterocycles. The van der Waals surface area contributed by atoms with E-state index in [-0.39, 0.29) is 17.9 Å². The zero-order valence-electron chi connectivity index (χ0n) is 19.4. The predicted octanol–water partition coefficient (Wildman–Crippen LogP) is 5.02. The van der Waals surface area contributed by atoms with Gasteiger partial charge in [0, 0.05) is 12.6 Å². The minimum absolute atomic E-state index is 0.000929. The van der Waals surface area contributed by atoms with Gasteiger partial charge in [-0.3, -0.25) is 9.59 Å². The third kappa shape index (κ3) is 6.43. The van der Waals surface area contributed by atoms with E-state index in [1.807, 2.05) is 19.1 Å². The van der Waals surface area contributed by atoms with E-state index in [9.17, 15) is 9.59 Å². The number of nitrogens with one attached hydrogen (secondary N) is 1. The molecule has 1 atom stereocenters. The van der Waals surface area contributed by atoms with Gasteiger partial charge in [-0.2, -0.15) is 0 Å². The number of amides is 2. The molecule has 1 fully saturated rings. The Morgan fingerprint density at radius 3 is 2.13 bits per heavy atom. The minimum atomic E-state index is -0.458. The third-order valence-corrected chi connectivity index (χ3v) is 6.20. The maximum absolute atomic E-state index is 13.5. The normalized spacial score (nSPS) is 15.0. The molecule has 1 saturated carbocycles. The molecular formula is C27H36N2O2. The second-order valence-electron chi connectivity index (χ2n) is 9.09. The number of nitrogens with zero attached hydrogens (tertiary/aromatic N) is 1. The quantitative estimate of drug-likeness (QED) is 0.652. The van der Waals surface area contributed by atoms with Crippen LogP contribution in [0.1, 0.15) is 66.8 Å². The van der Waals surface area contributed by atoms with Gasteiger partial charge in [0.15, 0.2) is 0 Å². The Hall–Kier alpha value is -2.62. The summed E-state index contributed by atoms with van der Waals surface area (Å²) in [7, 11) is 0. The maximum atomic E-state index is 13.5. The van der Waals surface area contributed by atoms with Gasteiger partial charge in [0.2, 0.25) is 11.8 Å². The molecular weight excluding hydrogens is 384 g/mol. The van der Waals surface area contributed by atoms with E-state index < -0.39 is 6.04 Å². The van der Waals surface area contributed by atoms with Crippen molar-refractivity contribution in [1.29, 1.82) is 0 Å². The molecule has 3 rings (SSSR count). The second kappa shape index (κ2) is 10.6. The van der Waals surface area contributed by atoms with Gasteiger partial charge in [-0.1, -0.05) is 78.9 Å². The number of carbonyl (C=O) groups is 2. The monoisotopic (exact) mass is 420 g/mol. The highest BCUT2D eigenvalue weighted by Gasteiger charge is 2.30. The maximum Gasteiger partial charge on any atom is 0.243 e. The average molecular weight is 421 g/mol. The van der Waals surface area contributed by atoms with E-state index in [2.05, 4.69) is 56.4 Å². The fourth-order valence-electron chi connectivity index (χ4n) is 4.62. The Balaban J connectivity index is 1.83. The molecule has 4 nitrogen and oxygen atoms in total. The lowest BCUT2D eigenvalue weighted by Gasteiger charge is -2.31. The Morgan fingerprint density at radius 1 is 0.935 bits per heavy atom. The van der Waals surface area contributed by atoms with Crippen molar-refractivity contribution in [2.45, 2.75) is 84.8 Å². The van der Waals surface area contributed by atoms with Crippen LogP contribution in [0.3, 0.4) is 0 Å². The number of hydrogen-bond acceptors (Lipinski definition) is 2. The molecule has 4 heteroatoms. The summed E-state index contributed by atoms with van der Waals surface area (Å²) in [6.45, 7) is 8.59. The third-order valence-electron chi connectivity index (χ3n) is 6.20. The van der Waals surface area contributed by atoms with Gasteiger partial charge in [-0.25, -0.2) is 0 Å². The highest BCUT2D eigenvalue weighted by atomic mass is 16.2. The van der Waals surface area contributed by atoms with Gasteiger partial charge >= 0.3 is 0 Å². The highest BCUT2D eigenvalue weighted by molar-refractivity contribution is 5.88. The zero-order valence-corrected chi connectivity index (χ0v) is 19.4. The van der Waals surface area contributed by atoms with E-state index >= 15 is 0 Å². The van der Waals surface area contributed by atoms with Crippen LogP contribution in [0.2, 0.25) is 0 Å². The molecule has 31 heavy (non-hydrogen) atoms. The van der Waals surface area contributed by atoms with Gasteiger partial charge in [-0.05, 0) is 51.2 Å². The molecule has 2 amide bonds. The Morgan fingerprint density at radius 2 is 1.55 bits per heavy atom. The number of carbonyl (C=O) groups excluding carboxylic acids is 2. The Labute approximate surface area is 187 Å². The van der Waals surface area contributed by atoms with Crippen molar-refractivity contribution in [2.75, 3.05) is 0 Å². The summed E-state index contributed by atoms with van der Waals surface area (Å²) >= 11 is 0. The molecule has 1 aliphatic rings. The Kier molecular flexibility index (Phi) is 7.89. The summed E-state index contributed by atoms with van der Waals surface area (Å²) in [5.74, 6) is -0.0192. The molecule has 0 aliphatic heterocycles. The molecule has 1 N–H and O–H groups in total. The van der Waals surface area contributed by atoms with Crippen LogP contribution in [-0.2, 0) is 22.6 Å². The van der Waals surface area contributed by atoms with Gasteiger partial charge in [-0.15, -0.1) is 0 Å². The van der Waals surface area contributed by atoms with Crippen LogP contribution in [0.25, 0.3) is 0 Å². The first-order valence-electron chi connectivity index (χ1n) is 11.6. The van der Waals surface area contributed by atoms with E-state index in [0.29, 0.717) is 19.4 Å². The molecule has 166 valence electrons. The number of rotatable bonds is 8. The van der Waals surface area contributed by atoms with E-state index in [4.69, 9.17) is 0 Å². The van der Waals surface area contributed by atoms with E-state index in [1.165, 1.54) is 18.4 Å². The molecule has 1 aliphatic carbocycles. The van der Waals surface area contributed by atoms with E-state index in [1.54, 1.807) is 4.90 Å². The van der Waals surface area contributed by atoms with Crippen molar-refractivity contribution in [3.05, 3.63) is 70.3 Å². The molecule has 0 bridgehead atoms. The van der Waals surface area contributed by atoms with Gasteiger partial charge < -0.3 is 10.2 Å². The average Bonchev–Trinajstić information content (AvgIpc) is 3.21. The van der Waals surface area contributed by atoms with Crippen LogP contribution in [-0.4, -0.2) is 28.8 Å². The fourth-order valence-corrected chi connectivity index (χ4v) is 4.62. The van der Waals surface area contributed by atoms with Crippen molar-refractivity contribution in [3.63, 3.8) is 0 Å². The summed E-state index contributed by atoms with van der Waals surface area (Å²) in [5, 5.41) is 3.21. The summed E-state index contributed by atoms with van der Waals surface area (Å²) in [6.07, 6.45) is 5.32. The van der Waals surface area contributed by atoms with Crippen molar-refractivity contribution in [3.8, 4) is 0 Å². The lowest BCUT2D eigenvalue weighted by atomic mass is 10.0. The predicted molar refractivity (Wildman–Crippen MR) is 126 cm³/mol. The number of hydrogen-bond donors (Lipinski definition) is 1. The first-order chi connectivity index (χ1) is 14.9. The van der Waals surface area contributed by atoms with E-state index in [0.717, 1.165) is 35.1 Å². The van der Waals surface area contributed by atoms with Crippen LogP contribution in [0.15, 0.2) is 42.5 Å². The van der Waals surface area contributed by atoms with Crippen LogP contribution in [0, 0.1) is 20.8 Å². The molecule has 1 unspecified atom stereocenters. The molecule has 0 radical (unpaired) electrons. The topological polar surface area (TPSA) is 49.4 Å². The zero-order chi connectivity index (χ0) is 22.4. The summed E-state index contributed by atoms with van der Waals surface area (Å²) < 4.78 is 0. The first-order valence-corrected chi connectivity index (χ1v) is 11.6. The first kappa shape index (κ1) is 23.1. The summed E-state index contributed by atoms with van der Waals surface area (Å²) in [4.78, 5) is 28.5. The Bertz CT molecular complexity index is 878. The van der Waals surface area contributed by atoms with Crippen molar-refractivity contribution < 1.29 is 9.59 Å². The molecule has 0 spiro atoms. The van der Waals surface area contributed by atoms with Gasteiger partial charge in [0.05, 0.1) is 6.42 Å². The number of benzene rings is 2. The van der Waals surface area contributed by atoms with Crippen LogP contribution >= 0.6 is 0 Å². The van der Waals surface area contributed by atoms with Crippen LogP contribution in [0.5, 0.6) is 0 Å². The molecule has 0 aromatic heterocycles. The lowest BCUT2D eigenvalue weighted by Crippen LogP contribution is -2.51. The lowest BCUT2D eigenvalue weighted by molar-refractivity contribution is -0.141. The van der Waals surface area contributed by atoms with Gasteiger partial charge in [0.25, 0.3) is 0 Å². The van der Waals surface area contributed by atoms with Crippen LogP contribution in [0.4, 0.5) is 0 Å². The smallest absolute Gasteiger partial charge is 0.243 e. The van der Waals surface area contributed by atoms with Gasteiger partial charge in [0.1, 0.15) is 6.04 Å². The standard InChI is InChI=1S/C27H36N2O2/c1-5-25(27(31)28-24-8-6-7-9-24)29(18-22-12-10-19(2)11-13-22)26(30)17-23-15-20(3)14-21(4)16-23/h10-16,24-25H,5-9,17-18H2,1-4H3,(H,28,31). The largest absolute Gasteiger partial charge is 0.352 e. The fraction of sp³-hybridized carbons (Fsp3) is 0.481.